The Hall–Kier alpha value is -1.92. The number of H-pyrrole nitrogens is 1. The number of pyridine rings is 1. The second kappa shape index (κ2) is 5.46. The van der Waals surface area contributed by atoms with Gasteiger partial charge < -0.3 is 15.6 Å². The second-order valence-corrected chi connectivity index (χ2v) is 6.07. The maximum Gasteiger partial charge on any atom is 0.139 e. The van der Waals surface area contributed by atoms with E-state index in [0.717, 1.165) is 41.1 Å². The fourth-order valence-electron chi connectivity index (χ4n) is 2.88. The SMILES string of the molecule is c1cc2c(N[C@@H]3CCCNC3)c(-c3cscn3)cnc2[nH]1. The molecule has 0 amide bonds. The predicted molar refractivity (Wildman–Crippen MR) is 86.7 cm³/mol. The number of thiazole rings is 1. The van der Waals surface area contributed by atoms with Crippen molar-refractivity contribution in [2.24, 2.45) is 0 Å². The van der Waals surface area contributed by atoms with Crippen LogP contribution < -0.4 is 10.6 Å². The lowest BCUT2D eigenvalue weighted by Gasteiger charge is -2.26. The molecular formula is C15H17N5S. The molecule has 0 aliphatic carbocycles. The lowest BCUT2D eigenvalue weighted by atomic mass is 10.0. The molecule has 21 heavy (non-hydrogen) atoms. The van der Waals surface area contributed by atoms with Gasteiger partial charge in [0, 0.05) is 41.3 Å². The molecule has 6 heteroatoms. The van der Waals surface area contributed by atoms with Crippen molar-refractivity contribution in [1.82, 2.24) is 20.3 Å². The van der Waals surface area contributed by atoms with E-state index < -0.39 is 0 Å². The molecule has 3 aromatic heterocycles. The molecular weight excluding hydrogens is 282 g/mol. The molecule has 0 unspecified atom stereocenters. The summed E-state index contributed by atoms with van der Waals surface area (Å²) in [7, 11) is 0. The van der Waals surface area contributed by atoms with Gasteiger partial charge in [0.25, 0.3) is 0 Å². The number of aromatic nitrogens is 3. The summed E-state index contributed by atoms with van der Waals surface area (Å²) in [6.45, 7) is 2.12. The Balaban J connectivity index is 1.79. The molecule has 1 fully saturated rings. The first-order valence-electron chi connectivity index (χ1n) is 7.24. The van der Waals surface area contributed by atoms with Gasteiger partial charge in [0.05, 0.1) is 16.9 Å². The number of aromatic amines is 1. The predicted octanol–water partition coefficient (Wildman–Crippen LogP) is 2.85. The molecule has 3 N–H and O–H groups in total. The van der Waals surface area contributed by atoms with Crippen LogP contribution in [-0.2, 0) is 0 Å². The summed E-state index contributed by atoms with van der Waals surface area (Å²) in [5.41, 5.74) is 5.99. The highest BCUT2D eigenvalue weighted by atomic mass is 32.1. The van der Waals surface area contributed by atoms with E-state index in [1.807, 2.05) is 17.9 Å². The van der Waals surface area contributed by atoms with Crippen molar-refractivity contribution in [2.45, 2.75) is 18.9 Å². The fourth-order valence-corrected chi connectivity index (χ4v) is 3.43. The lowest BCUT2D eigenvalue weighted by molar-refractivity contribution is 0.480. The largest absolute Gasteiger partial charge is 0.380 e. The standard InChI is InChI=1S/C15H17N5S/c1-2-10(6-16-4-1)20-14-11-3-5-17-15(11)18-7-12(14)13-8-21-9-19-13/h3,5,7-10,16H,1-2,4,6H2,(H2,17,18,20)/t10-/m1/s1. The molecule has 4 heterocycles. The minimum Gasteiger partial charge on any atom is -0.380 e. The van der Waals surface area contributed by atoms with Crippen LogP contribution in [0.2, 0.25) is 0 Å². The van der Waals surface area contributed by atoms with E-state index in [2.05, 4.69) is 37.0 Å². The van der Waals surface area contributed by atoms with Crippen LogP contribution in [0.5, 0.6) is 0 Å². The average Bonchev–Trinajstić information content (AvgIpc) is 3.20. The van der Waals surface area contributed by atoms with E-state index in [4.69, 9.17) is 0 Å². The quantitative estimate of drug-likeness (QED) is 0.696. The third-order valence-electron chi connectivity index (χ3n) is 3.94. The van der Waals surface area contributed by atoms with E-state index in [-0.39, 0.29) is 0 Å². The normalized spacial score (nSPS) is 19.0. The highest BCUT2D eigenvalue weighted by Gasteiger charge is 2.18. The molecule has 4 rings (SSSR count). The van der Waals surface area contributed by atoms with Crippen molar-refractivity contribution in [2.75, 3.05) is 18.4 Å². The zero-order valence-corrected chi connectivity index (χ0v) is 12.4. The van der Waals surface area contributed by atoms with Gasteiger partial charge >= 0.3 is 0 Å². The van der Waals surface area contributed by atoms with Crippen molar-refractivity contribution < 1.29 is 0 Å². The molecule has 0 spiro atoms. The second-order valence-electron chi connectivity index (χ2n) is 5.35. The molecule has 5 nitrogen and oxygen atoms in total. The molecule has 0 saturated carbocycles. The molecule has 0 radical (unpaired) electrons. The van der Waals surface area contributed by atoms with Crippen molar-refractivity contribution in [3.63, 3.8) is 0 Å². The number of rotatable bonds is 3. The van der Waals surface area contributed by atoms with Gasteiger partial charge in [0.1, 0.15) is 5.65 Å². The first-order valence-corrected chi connectivity index (χ1v) is 8.18. The van der Waals surface area contributed by atoms with Crippen molar-refractivity contribution in [3.8, 4) is 11.3 Å². The summed E-state index contributed by atoms with van der Waals surface area (Å²) < 4.78 is 0. The number of fused-ring (bicyclic) bond motifs is 1. The number of hydrogen-bond donors (Lipinski definition) is 3. The highest BCUT2D eigenvalue weighted by Crippen LogP contribution is 2.34. The zero-order chi connectivity index (χ0) is 14.1. The molecule has 108 valence electrons. The Bertz CT molecular complexity index is 728. The van der Waals surface area contributed by atoms with Crippen LogP contribution in [-0.4, -0.2) is 34.1 Å². The molecule has 1 saturated heterocycles. The van der Waals surface area contributed by atoms with Gasteiger partial charge in [-0.25, -0.2) is 9.97 Å². The molecule has 1 aliphatic rings. The van der Waals surface area contributed by atoms with Gasteiger partial charge in [0.15, 0.2) is 0 Å². The maximum absolute atomic E-state index is 4.50. The molecule has 3 aromatic rings. The summed E-state index contributed by atoms with van der Waals surface area (Å²) in [4.78, 5) is 12.1. The zero-order valence-electron chi connectivity index (χ0n) is 11.6. The average molecular weight is 299 g/mol. The van der Waals surface area contributed by atoms with Gasteiger partial charge in [-0.15, -0.1) is 11.3 Å². The van der Waals surface area contributed by atoms with Crippen LogP contribution in [0.1, 0.15) is 12.8 Å². The van der Waals surface area contributed by atoms with E-state index >= 15 is 0 Å². The summed E-state index contributed by atoms with van der Waals surface area (Å²) in [5, 5.41) is 10.4. The van der Waals surface area contributed by atoms with Crippen LogP contribution in [0.3, 0.4) is 0 Å². The molecule has 1 aliphatic heterocycles. The topological polar surface area (TPSA) is 65.6 Å². The summed E-state index contributed by atoms with van der Waals surface area (Å²) in [6.07, 6.45) is 6.25. The third-order valence-corrected chi connectivity index (χ3v) is 4.53. The first-order chi connectivity index (χ1) is 10.4. The molecule has 0 aromatic carbocycles. The third kappa shape index (κ3) is 2.41. The number of piperidine rings is 1. The summed E-state index contributed by atoms with van der Waals surface area (Å²) >= 11 is 1.61. The highest BCUT2D eigenvalue weighted by molar-refractivity contribution is 7.07. The summed E-state index contributed by atoms with van der Waals surface area (Å²) in [6, 6.07) is 2.54. The Kier molecular flexibility index (Phi) is 3.33. The van der Waals surface area contributed by atoms with Gasteiger partial charge in [-0.1, -0.05) is 0 Å². The Morgan fingerprint density at radius 1 is 1.33 bits per heavy atom. The van der Waals surface area contributed by atoms with Crippen molar-refractivity contribution in [1.29, 1.82) is 0 Å². The first kappa shape index (κ1) is 12.8. The van der Waals surface area contributed by atoms with Crippen LogP contribution in [0.15, 0.2) is 29.4 Å². The molecule has 1 atom stereocenters. The molecule has 0 bridgehead atoms. The number of nitrogens with zero attached hydrogens (tertiary/aromatic N) is 2. The minimum atomic E-state index is 0.455. The smallest absolute Gasteiger partial charge is 0.139 e. The van der Waals surface area contributed by atoms with Crippen LogP contribution >= 0.6 is 11.3 Å². The Morgan fingerprint density at radius 2 is 2.33 bits per heavy atom. The Labute approximate surface area is 126 Å². The summed E-state index contributed by atoms with van der Waals surface area (Å²) in [5.74, 6) is 0. The minimum absolute atomic E-state index is 0.455. The van der Waals surface area contributed by atoms with Crippen LogP contribution in [0.4, 0.5) is 5.69 Å². The number of hydrogen-bond acceptors (Lipinski definition) is 5. The monoisotopic (exact) mass is 299 g/mol. The Morgan fingerprint density at radius 3 is 3.14 bits per heavy atom. The van der Waals surface area contributed by atoms with Gasteiger partial charge in [-0.3, -0.25) is 0 Å². The van der Waals surface area contributed by atoms with Crippen LogP contribution in [0.25, 0.3) is 22.3 Å². The van der Waals surface area contributed by atoms with Crippen molar-refractivity contribution in [3.05, 3.63) is 29.4 Å². The van der Waals surface area contributed by atoms with Crippen molar-refractivity contribution >= 4 is 28.1 Å². The van der Waals surface area contributed by atoms with E-state index in [1.54, 1.807) is 11.3 Å². The van der Waals surface area contributed by atoms with Gasteiger partial charge in [-0.2, -0.15) is 0 Å². The number of anilines is 1. The van der Waals surface area contributed by atoms with Crippen LogP contribution in [0, 0.1) is 0 Å². The van der Waals surface area contributed by atoms with Gasteiger partial charge in [-0.05, 0) is 25.5 Å². The van der Waals surface area contributed by atoms with E-state index in [1.165, 1.54) is 12.8 Å². The van der Waals surface area contributed by atoms with E-state index in [9.17, 15) is 0 Å². The van der Waals surface area contributed by atoms with E-state index in [0.29, 0.717) is 6.04 Å². The fraction of sp³-hybridized carbons (Fsp3) is 0.333. The number of nitrogens with one attached hydrogen (secondary N) is 3. The van der Waals surface area contributed by atoms with Gasteiger partial charge in [0.2, 0.25) is 0 Å². The lowest BCUT2D eigenvalue weighted by Crippen LogP contribution is -2.38. The maximum atomic E-state index is 4.50.